The third-order valence-electron chi connectivity index (χ3n) is 2.81. The maximum absolute atomic E-state index is 12.9. The molecule has 0 fully saturated rings. The molecule has 8 nitrogen and oxygen atoms in total. The number of alkyl halides is 4. The molecule has 154 valence electrons. The molecule has 0 aliphatic heterocycles. The number of rotatable bonds is 10. The molecule has 13 heteroatoms. The van der Waals surface area contributed by atoms with Gasteiger partial charge in [0.05, 0.1) is 5.88 Å². The molecule has 0 heterocycles. The number of hydrogen-bond donors (Lipinski definition) is 2. The molecule has 0 radical (unpaired) electrons. The molecule has 2 unspecified atom stereocenters. The summed E-state index contributed by atoms with van der Waals surface area (Å²) in [5.74, 6) is -6.66. The molecule has 0 aromatic heterocycles. The Balaban J connectivity index is 5.78. The van der Waals surface area contributed by atoms with Gasteiger partial charge < -0.3 is 14.5 Å². The monoisotopic (exact) mass is 426 g/mol. The number of hydrogen-bond acceptors (Lipinski definition) is 6. The summed E-state index contributed by atoms with van der Waals surface area (Å²) in [5, 5.41) is 0. The lowest BCUT2D eigenvalue weighted by Gasteiger charge is -2.35. The van der Waals surface area contributed by atoms with E-state index in [-0.39, 0.29) is 17.4 Å². The first-order chi connectivity index (χ1) is 11.7. The van der Waals surface area contributed by atoms with Crippen LogP contribution in [0.25, 0.3) is 0 Å². The van der Waals surface area contributed by atoms with Crippen LogP contribution in [-0.4, -0.2) is 58.7 Å². The fraction of sp³-hybridized carbons (Fsp3) is 0.846. The number of nitrogens with zero attached hydrogens (tertiary/aromatic N) is 1. The summed E-state index contributed by atoms with van der Waals surface area (Å²) >= 11 is 5.32. The molecule has 2 N–H and O–H groups in total. The molecule has 0 aliphatic carbocycles. The van der Waals surface area contributed by atoms with Gasteiger partial charge in [-0.25, -0.2) is 4.62 Å². The Kier molecular flexibility index (Phi) is 10.1. The normalized spacial score (nSPS) is 15.7. The largest absolute Gasteiger partial charge is 0.471 e. The summed E-state index contributed by atoms with van der Waals surface area (Å²) in [6.45, 7) is 4.27. The Hall–Kier alpha value is -0.870. The number of halogens is 4. The van der Waals surface area contributed by atoms with Crippen LogP contribution in [0.4, 0.5) is 13.2 Å². The van der Waals surface area contributed by atoms with Crippen molar-refractivity contribution in [1.82, 2.24) is 10.4 Å². The van der Waals surface area contributed by atoms with Crippen LogP contribution in [0.5, 0.6) is 0 Å². The lowest BCUT2D eigenvalue weighted by atomic mass is 10.2. The van der Waals surface area contributed by atoms with Gasteiger partial charge in [-0.05, 0) is 19.8 Å². The van der Waals surface area contributed by atoms with Gasteiger partial charge in [0.1, 0.15) is 18.9 Å². The summed E-state index contributed by atoms with van der Waals surface area (Å²) in [5.41, 5.74) is 2.18. The van der Waals surface area contributed by atoms with Crippen molar-refractivity contribution in [1.29, 1.82) is 0 Å². The van der Waals surface area contributed by atoms with Gasteiger partial charge >= 0.3 is 25.6 Å². The third-order valence-corrected chi connectivity index (χ3v) is 4.88. The fourth-order valence-corrected chi connectivity index (χ4v) is 3.77. The van der Waals surface area contributed by atoms with Crippen LogP contribution in [0.1, 0.15) is 27.7 Å². The van der Waals surface area contributed by atoms with Gasteiger partial charge in [0, 0.05) is 6.04 Å². The number of nitrogens with one attached hydrogen (secondary N) is 1. The minimum Gasteiger partial charge on any atom is -0.463 e. The van der Waals surface area contributed by atoms with Crippen LogP contribution in [0, 0.1) is 5.92 Å². The van der Waals surface area contributed by atoms with E-state index in [4.69, 9.17) is 11.6 Å². The first-order valence-electron chi connectivity index (χ1n) is 7.60. The Morgan fingerprint density at radius 1 is 1.27 bits per heavy atom. The van der Waals surface area contributed by atoms with Gasteiger partial charge in [-0.15, -0.1) is 11.6 Å². The van der Waals surface area contributed by atoms with Gasteiger partial charge in [-0.3, -0.25) is 14.2 Å². The number of esters is 1. The quantitative estimate of drug-likeness (QED) is 0.239. The number of carbonyl (C=O) groups excluding carboxylic acids is 2. The zero-order chi connectivity index (χ0) is 20.7. The smallest absolute Gasteiger partial charge is 0.463 e. The molecule has 26 heavy (non-hydrogen) atoms. The highest BCUT2D eigenvalue weighted by Crippen LogP contribution is 2.51. The van der Waals surface area contributed by atoms with Gasteiger partial charge in [-0.2, -0.15) is 18.7 Å². The summed E-state index contributed by atoms with van der Waals surface area (Å²) < 4.78 is 60.5. The van der Waals surface area contributed by atoms with Crippen LogP contribution >= 0.6 is 19.2 Å². The van der Waals surface area contributed by atoms with Crippen LogP contribution in [0.2, 0.25) is 0 Å². The first kappa shape index (κ1) is 25.1. The highest BCUT2D eigenvalue weighted by molar-refractivity contribution is 7.53. The summed E-state index contributed by atoms with van der Waals surface area (Å²) in [6.07, 6.45) is -5.37. The van der Waals surface area contributed by atoms with Gasteiger partial charge in [0.2, 0.25) is 0 Å². The van der Waals surface area contributed by atoms with E-state index in [9.17, 15) is 32.2 Å². The average Bonchev–Trinajstić information content (AvgIpc) is 2.48. The topological polar surface area (TPSA) is 105 Å². The fourth-order valence-electron chi connectivity index (χ4n) is 1.93. The second-order valence-electron chi connectivity index (χ2n) is 5.93. The number of amides is 1. The number of ether oxygens (including phenoxy) is 1. The van der Waals surface area contributed by atoms with Crippen molar-refractivity contribution in [3.05, 3.63) is 0 Å². The van der Waals surface area contributed by atoms with E-state index in [0.29, 0.717) is 0 Å². The van der Waals surface area contributed by atoms with Gasteiger partial charge in [0.25, 0.3) is 0 Å². The molecule has 0 bridgehead atoms. The Morgan fingerprint density at radius 3 is 2.19 bits per heavy atom. The highest BCUT2D eigenvalue weighted by Gasteiger charge is 2.51. The summed E-state index contributed by atoms with van der Waals surface area (Å²) in [4.78, 5) is 33.5. The van der Waals surface area contributed by atoms with Crippen molar-refractivity contribution in [2.75, 3.05) is 19.0 Å². The van der Waals surface area contributed by atoms with E-state index in [2.05, 4.69) is 14.8 Å². The number of carbonyl (C=O) groups is 2. The molecule has 0 aromatic carbocycles. The van der Waals surface area contributed by atoms with Crippen molar-refractivity contribution < 1.29 is 41.6 Å². The maximum atomic E-state index is 12.9. The van der Waals surface area contributed by atoms with E-state index in [1.165, 1.54) is 13.8 Å². The van der Waals surface area contributed by atoms with Crippen LogP contribution < -0.4 is 5.48 Å². The van der Waals surface area contributed by atoms with E-state index in [0.717, 1.165) is 0 Å². The van der Waals surface area contributed by atoms with Gasteiger partial charge in [-0.1, -0.05) is 13.8 Å². The Morgan fingerprint density at radius 2 is 1.81 bits per heavy atom. The number of hydroxylamine groups is 1. The third kappa shape index (κ3) is 8.22. The Bertz CT molecular complexity index is 532. The van der Waals surface area contributed by atoms with Crippen LogP contribution in [-0.2, 0) is 23.5 Å². The van der Waals surface area contributed by atoms with Crippen molar-refractivity contribution in [3.63, 3.8) is 0 Å². The second kappa shape index (κ2) is 10.5. The standard InChI is InChI=1S/C13H23ClF3N2O6P/c1-8(2)11(26(22,23)25-18-9(3)4)19(12(21)13(15,16)17)7-10(20)24-6-5-14/h8-9,11,18H,5-7H2,1-4H3,(H,22,23). The molecule has 0 saturated carbocycles. The molecule has 0 spiro atoms. The summed E-state index contributed by atoms with van der Waals surface area (Å²) in [6, 6.07) is -0.427. The molecular formula is C13H23ClF3N2O6P. The molecule has 0 aliphatic rings. The minimum absolute atomic E-state index is 0.0516. The van der Waals surface area contributed by atoms with Crippen molar-refractivity contribution in [2.45, 2.75) is 45.7 Å². The minimum atomic E-state index is -5.37. The molecule has 0 saturated heterocycles. The lowest BCUT2D eigenvalue weighted by Crippen LogP contribution is -2.51. The van der Waals surface area contributed by atoms with Crippen molar-refractivity contribution >= 4 is 31.1 Å². The van der Waals surface area contributed by atoms with E-state index in [1.807, 2.05) is 0 Å². The van der Waals surface area contributed by atoms with E-state index in [1.54, 1.807) is 13.8 Å². The SMILES string of the molecule is CC(C)NOP(=O)(O)C(C(C)C)N(CC(=O)OCCCl)C(=O)C(F)(F)F. The zero-order valence-electron chi connectivity index (χ0n) is 14.7. The van der Waals surface area contributed by atoms with Crippen molar-refractivity contribution in [3.8, 4) is 0 Å². The summed E-state index contributed by atoms with van der Waals surface area (Å²) in [7, 11) is -4.81. The first-order valence-corrected chi connectivity index (χ1v) is 9.78. The predicted molar refractivity (Wildman–Crippen MR) is 87.3 cm³/mol. The predicted octanol–water partition coefficient (Wildman–Crippen LogP) is 2.26. The van der Waals surface area contributed by atoms with Crippen LogP contribution in [0.3, 0.4) is 0 Å². The van der Waals surface area contributed by atoms with E-state index >= 15 is 0 Å². The van der Waals surface area contributed by atoms with Gasteiger partial charge in [0.15, 0.2) is 0 Å². The average molecular weight is 427 g/mol. The molecular weight excluding hydrogens is 404 g/mol. The maximum Gasteiger partial charge on any atom is 0.471 e. The highest BCUT2D eigenvalue weighted by atomic mass is 35.5. The lowest BCUT2D eigenvalue weighted by molar-refractivity contribution is -0.189. The zero-order valence-corrected chi connectivity index (χ0v) is 16.4. The van der Waals surface area contributed by atoms with Crippen molar-refractivity contribution in [2.24, 2.45) is 5.92 Å². The molecule has 0 aromatic rings. The molecule has 2 atom stereocenters. The Labute approximate surface area is 154 Å². The van der Waals surface area contributed by atoms with E-state index < -0.39 is 49.9 Å². The molecule has 1 amide bonds. The van der Waals surface area contributed by atoms with Crippen LogP contribution in [0.15, 0.2) is 0 Å². The second-order valence-corrected chi connectivity index (χ2v) is 8.14. The molecule has 0 rings (SSSR count).